The zero-order valence-electron chi connectivity index (χ0n) is 19.8. The molecule has 34 heavy (non-hydrogen) atoms. The molecule has 4 rings (SSSR count). The number of aryl methyl sites for hydroxylation is 2. The first-order valence-electron chi connectivity index (χ1n) is 11.2. The Morgan fingerprint density at radius 3 is 2.32 bits per heavy atom. The topological polar surface area (TPSA) is 88.6 Å². The largest absolute Gasteiger partial charge is 0.496 e. The van der Waals surface area contributed by atoms with Crippen LogP contribution in [0.5, 0.6) is 5.75 Å². The van der Waals surface area contributed by atoms with Gasteiger partial charge in [-0.3, -0.25) is 19.3 Å². The van der Waals surface area contributed by atoms with Crippen LogP contribution in [0.15, 0.2) is 42.5 Å². The molecule has 7 nitrogen and oxygen atoms in total. The van der Waals surface area contributed by atoms with E-state index in [-0.39, 0.29) is 5.92 Å². The van der Waals surface area contributed by atoms with E-state index in [1.54, 1.807) is 31.4 Å². The lowest BCUT2D eigenvalue weighted by atomic mass is 9.96. The van der Waals surface area contributed by atoms with Gasteiger partial charge < -0.3 is 10.1 Å². The lowest BCUT2D eigenvalue weighted by Crippen LogP contribution is -2.50. The van der Waals surface area contributed by atoms with Crippen LogP contribution in [0.25, 0.3) is 11.3 Å². The lowest BCUT2D eigenvalue weighted by molar-refractivity contribution is -0.121. The molecule has 0 aliphatic carbocycles. The monoisotopic (exact) mass is 477 g/mol. The SMILES string of the molecule is CCC(C)C(C(=O)Nc1nc(-c2ccc(OC)c(C)c2)c(C)s1)N1C(=O)c2ccccc2C1=O. The average Bonchev–Trinajstić information content (AvgIpc) is 3.31. The molecule has 0 radical (unpaired) electrons. The van der Waals surface area contributed by atoms with Gasteiger partial charge in [0.2, 0.25) is 5.91 Å². The number of imide groups is 1. The minimum absolute atomic E-state index is 0.230. The summed E-state index contributed by atoms with van der Waals surface area (Å²) in [7, 11) is 1.63. The van der Waals surface area contributed by atoms with Gasteiger partial charge in [-0.2, -0.15) is 0 Å². The van der Waals surface area contributed by atoms with Crippen LogP contribution in [0.3, 0.4) is 0 Å². The van der Waals surface area contributed by atoms with Crippen LogP contribution < -0.4 is 10.1 Å². The van der Waals surface area contributed by atoms with E-state index in [1.165, 1.54) is 11.3 Å². The molecule has 2 unspecified atom stereocenters. The summed E-state index contributed by atoms with van der Waals surface area (Å²) in [5.41, 5.74) is 3.34. The molecule has 8 heteroatoms. The van der Waals surface area contributed by atoms with E-state index in [9.17, 15) is 14.4 Å². The summed E-state index contributed by atoms with van der Waals surface area (Å²) in [6, 6.07) is 11.5. The summed E-state index contributed by atoms with van der Waals surface area (Å²) in [6.07, 6.45) is 0.624. The maximum Gasteiger partial charge on any atom is 0.262 e. The zero-order valence-corrected chi connectivity index (χ0v) is 20.7. The molecule has 3 aromatic rings. The number of carbonyl (C=O) groups is 3. The highest BCUT2D eigenvalue weighted by Crippen LogP contribution is 2.34. The molecule has 176 valence electrons. The number of hydrogen-bond donors (Lipinski definition) is 1. The lowest BCUT2D eigenvalue weighted by Gasteiger charge is -2.29. The van der Waals surface area contributed by atoms with Gasteiger partial charge in [-0.1, -0.05) is 32.4 Å². The van der Waals surface area contributed by atoms with Crippen LogP contribution in [0.2, 0.25) is 0 Å². The molecule has 2 atom stereocenters. The number of aromatic nitrogens is 1. The van der Waals surface area contributed by atoms with Crippen molar-refractivity contribution >= 4 is 34.2 Å². The van der Waals surface area contributed by atoms with Crippen LogP contribution in [0, 0.1) is 19.8 Å². The second-order valence-electron chi connectivity index (χ2n) is 8.45. The van der Waals surface area contributed by atoms with Gasteiger partial charge in [-0.05, 0) is 55.7 Å². The Kier molecular flexibility index (Phi) is 6.52. The molecule has 0 fully saturated rings. The number of methoxy groups -OCH3 is 1. The van der Waals surface area contributed by atoms with E-state index >= 15 is 0 Å². The number of ether oxygens (including phenoxy) is 1. The normalized spacial score (nSPS) is 14.7. The number of fused-ring (bicyclic) bond motifs is 1. The van der Waals surface area contributed by atoms with Gasteiger partial charge in [0.05, 0.1) is 23.9 Å². The molecule has 3 amide bonds. The third-order valence-electron chi connectivity index (χ3n) is 6.25. The van der Waals surface area contributed by atoms with E-state index < -0.39 is 23.8 Å². The smallest absolute Gasteiger partial charge is 0.262 e. The number of rotatable bonds is 7. The fraction of sp³-hybridized carbons (Fsp3) is 0.308. The van der Waals surface area contributed by atoms with Crippen molar-refractivity contribution in [2.24, 2.45) is 5.92 Å². The molecule has 0 saturated carbocycles. The van der Waals surface area contributed by atoms with Crippen molar-refractivity contribution in [3.05, 3.63) is 64.0 Å². The predicted octanol–water partition coefficient (Wildman–Crippen LogP) is 5.08. The maximum atomic E-state index is 13.4. The standard InChI is InChI=1S/C26H27N3O4S/c1-6-14(2)22(29-24(31)18-9-7-8-10-19(18)25(29)32)23(30)28-26-27-21(16(4)34-26)17-11-12-20(33-5)15(3)13-17/h7-14,22H,6H2,1-5H3,(H,27,28,30). The van der Waals surface area contributed by atoms with Crippen LogP contribution in [0.1, 0.15) is 51.4 Å². The molecule has 0 bridgehead atoms. The maximum absolute atomic E-state index is 13.4. The van der Waals surface area contributed by atoms with Crippen LogP contribution in [-0.2, 0) is 4.79 Å². The first-order chi connectivity index (χ1) is 16.3. The van der Waals surface area contributed by atoms with Crippen molar-refractivity contribution in [2.45, 2.75) is 40.2 Å². The second kappa shape index (κ2) is 9.38. The van der Waals surface area contributed by atoms with E-state index in [1.807, 2.05) is 45.9 Å². The Morgan fingerprint density at radius 2 is 1.76 bits per heavy atom. The van der Waals surface area contributed by atoms with Crippen molar-refractivity contribution in [1.29, 1.82) is 0 Å². The highest BCUT2D eigenvalue weighted by molar-refractivity contribution is 7.16. The fourth-order valence-electron chi connectivity index (χ4n) is 4.24. The predicted molar refractivity (Wildman–Crippen MR) is 132 cm³/mol. The average molecular weight is 478 g/mol. The Labute approximate surface area is 202 Å². The van der Waals surface area contributed by atoms with Crippen molar-refractivity contribution in [3.8, 4) is 17.0 Å². The Balaban J connectivity index is 1.62. The van der Waals surface area contributed by atoms with Gasteiger partial charge >= 0.3 is 0 Å². The molecule has 0 spiro atoms. The van der Waals surface area contributed by atoms with Crippen molar-refractivity contribution in [1.82, 2.24) is 9.88 Å². The summed E-state index contributed by atoms with van der Waals surface area (Å²) >= 11 is 1.36. The van der Waals surface area contributed by atoms with Crippen LogP contribution in [0.4, 0.5) is 5.13 Å². The third-order valence-corrected chi connectivity index (χ3v) is 7.14. The van der Waals surface area contributed by atoms with Gasteiger partial charge in [0, 0.05) is 10.4 Å². The molecule has 2 aromatic carbocycles. The Bertz CT molecular complexity index is 1250. The van der Waals surface area contributed by atoms with Crippen LogP contribution in [-0.4, -0.2) is 40.8 Å². The third kappa shape index (κ3) is 4.09. The molecule has 1 aliphatic rings. The second-order valence-corrected chi connectivity index (χ2v) is 9.66. The highest BCUT2D eigenvalue weighted by atomic mass is 32.1. The number of carbonyl (C=O) groups excluding carboxylic acids is 3. The summed E-state index contributed by atoms with van der Waals surface area (Å²) in [4.78, 5) is 46.2. The molecular weight excluding hydrogens is 450 g/mol. The van der Waals surface area contributed by atoms with E-state index in [2.05, 4.69) is 10.3 Å². The number of nitrogens with one attached hydrogen (secondary N) is 1. The van der Waals surface area contributed by atoms with Crippen molar-refractivity contribution < 1.29 is 19.1 Å². The Morgan fingerprint density at radius 1 is 1.12 bits per heavy atom. The summed E-state index contributed by atoms with van der Waals surface area (Å²) < 4.78 is 5.34. The van der Waals surface area contributed by atoms with Gasteiger partial charge in [-0.15, -0.1) is 11.3 Å². The molecule has 2 heterocycles. The number of anilines is 1. The summed E-state index contributed by atoms with van der Waals surface area (Å²) in [6.45, 7) is 7.71. The zero-order chi connectivity index (χ0) is 24.6. The summed E-state index contributed by atoms with van der Waals surface area (Å²) in [5.74, 6) is -0.735. The highest BCUT2D eigenvalue weighted by Gasteiger charge is 2.44. The number of hydrogen-bond acceptors (Lipinski definition) is 6. The van der Waals surface area contributed by atoms with Crippen LogP contribution >= 0.6 is 11.3 Å². The molecule has 1 N–H and O–H groups in total. The van der Waals surface area contributed by atoms with Gasteiger partial charge in [0.15, 0.2) is 5.13 Å². The molecule has 1 aliphatic heterocycles. The minimum Gasteiger partial charge on any atom is -0.496 e. The van der Waals surface area contributed by atoms with Gasteiger partial charge in [0.1, 0.15) is 11.8 Å². The number of thiazole rings is 1. The van der Waals surface area contributed by atoms with E-state index in [0.29, 0.717) is 22.7 Å². The minimum atomic E-state index is -0.937. The first kappa shape index (κ1) is 23.6. The van der Waals surface area contributed by atoms with E-state index in [4.69, 9.17) is 4.74 Å². The first-order valence-corrected chi connectivity index (χ1v) is 12.0. The number of benzene rings is 2. The number of nitrogens with zero attached hydrogens (tertiary/aromatic N) is 2. The van der Waals surface area contributed by atoms with Gasteiger partial charge in [-0.25, -0.2) is 4.98 Å². The quantitative estimate of drug-likeness (QED) is 0.479. The van der Waals surface area contributed by atoms with Crippen molar-refractivity contribution in [2.75, 3.05) is 12.4 Å². The fourth-order valence-corrected chi connectivity index (χ4v) is 5.08. The van der Waals surface area contributed by atoms with Crippen molar-refractivity contribution in [3.63, 3.8) is 0 Å². The molecular formula is C26H27N3O4S. The molecule has 0 saturated heterocycles. The summed E-state index contributed by atoms with van der Waals surface area (Å²) in [5, 5.41) is 3.29. The van der Waals surface area contributed by atoms with E-state index in [0.717, 1.165) is 32.3 Å². The number of amides is 3. The molecule has 1 aromatic heterocycles. The Hall–Kier alpha value is -3.52. The van der Waals surface area contributed by atoms with Gasteiger partial charge in [0.25, 0.3) is 11.8 Å².